The average Bonchev–Trinajstić information content (AvgIpc) is 2.27. The van der Waals surface area contributed by atoms with Crippen LogP contribution in [0.25, 0.3) is 0 Å². The van der Waals surface area contributed by atoms with E-state index in [1.54, 1.807) is 4.90 Å². The molecule has 0 saturated heterocycles. The number of benzene rings is 1. The van der Waals surface area contributed by atoms with Gasteiger partial charge in [-0.2, -0.15) is 18.2 Å². The Morgan fingerprint density at radius 2 is 2.31 bits per heavy atom. The Morgan fingerprint density at radius 3 is 3.00 bits per heavy atom. The molecule has 2 rings (SSSR count). The second kappa shape index (κ2) is 7.85. The average molecular weight is 263 g/mol. The number of rotatable bonds is 1. The molecular formula is C12H14ClKNO-. The summed E-state index contributed by atoms with van der Waals surface area (Å²) in [7, 11) is 0. The van der Waals surface area contributed by atoms with Gasteiger partial charge in [-0.05, 0) is 6.42 Å². The van der Waals surface area contributed by atoms with E-state index in [0.29, 0.717) is 0 Å². The molecule has 0 bridgehead atoms. The van der Waals surface area contributed by atoms with E-state index < -0.39 is 0 Å². The van der Waals surface area contributed by atoms with Crippen molar-refractivity contribution in [3.05, 3.63) is 37.3 Å². The van der Waals surface area contributed by atoms with Gasteiger partial charge in [-0.15, -0.1) is 23.2 Å². The molecule has 1 amide bonds. The van der Waals surface area contributed by atoms with Crippen molar-refractivity contribution in [2.75, 3.05) is 17.3 Å². The van der Waals surface area contributed by atoms with E-state index in [0.717, 1.165) is 25.1 Å². The first-order valence-corrected chi connectivity index (χ1v) is 5.21. The van der Waals surface area contributed by atoms with Gasteiger partial charge < -0.3 is 12.3 Å². The number of amides is 1. The molecule has 0 atom stereocenters. The number of aryl methyl sites for hydroxylation is 1. The van der Waals surface area contributed by atoms with Crippen molar-refractivity contribution >= 4 is 23.2 Å². The van der Waals surface area contributed by atoms with Crippen molar-refractivity contribution in [2.24, 2.45) is 0 Å². The number of hydrogen-bond acceptors (Lipinski definition) is 1. The zero-order chi connectivity index (χ0) is 9.97. The Bertz CT molecular complexity index is 357. The molecule has 4 heteroatoms. The third kappa shape index (κ3) is 3.55. The maximum Gasteiger partial charge on any atom is 1.00 e. The molecule has 0 aliphatic carbocycles. The smallest absolute Gasteiger partial charge is 0.358 e. The van der Waals surface area contributed by atoms with E-state index >= 15 is 0 Å². The summed E-state index contributed by atoms with van der Waals surface area (Å²) >= 11 is 5.55. The van der Waals surface area contributed by atoms with Gasteiger partial charge >= 0.3 is 51.4 Å². The Hall–Kier alpha value is 0.616. The maximum absolute atomic E-state index is 11.5. The van der Waals surface area contributed by atoms with Gasteiger partial charge in [0.1, 0.15) is 5.88 Å². The van der Waals surface area contributed by atoms with Crippen LogP contribution in [-0.4, -0.2) is 18.3 Å². The van der Waals surface area contributed by atoms with Crippen LogP contribution in [0.1, 0.15) is 12.0 Å². The SMILES string of the molecule is O=C(CCl)N1CCCc2c[c-]ccc21.[CH3-].[K+]. The van der Waals surface area contributed by atoms with Crippen molar-refractivity contribution < 1.29 is 56.2 Å². The first-order valence-electron chi connectivity index (χ1n) is 4.68. The molecule has 2 nitrogen and oxygen atoms in total. The van der Waals surface area contributed by atoms with Gasteiger partial charge in [0.25, 0.3) is 0 Å². The molecule has 0 fully saturated rings. The quantitative estimate of drug-likeness (QED) is 0.378. The van der Waals surface area contributed by atoms with Crippen LogP contribution in [0.3, 0.4) is 0 Å². The number of fused-ring (bicyclic) bond motifs is 1. The summed E-state index contributed by atoms with van der Waals surface area (Å²) in [5.74, 6) is 0.0386. The second-order valence-electron chi connectivity index (χ2n) is 3.34. The topological polar surface area (TPSA) is 20.3 Å². The largest absolute Gasteiger partial charge is 1.00 e. The minimum Gasteiger partial charge on any atom is -0.358 e. The summed E-state index contributed by atoms with van der Waals surface area (Å²) in [6, 6.07) is 8.74. The first-order chi connectivity index (χ1) is 6.83. The second-order valence-corrected chi connectivity index (χ2v) is 3.60. The molecular weight excluding hydrogens is 249 g/mol. The molecule has 1 aliphatic heterocycles. The fourth-order valence-electron chi connectivity index (χ4n) is 1.80. The van der Waals surface area contributed by atoms with Gasteiger partial charge in [-0.25, -0.2) is 0 Å². The molecule has 0 saturated carbocycles. The van der Waals surface area contributed by atoms with E-state index in [1.807, 2.05) is 18.2 Å². The van der Waals surface area contributed by atoms with Crippen LogP contribution in [0, 0.1) is 13.5 Å². The van der Waals surface area contributed by atoms with Gasteiger partial charge in [0.15, 0.2) is 0 Å². The molecule has 0 N–H and O–H groups in total. The van der Waals surface area contributed by atoms with E-state index in [9.17, 15) is 4.79 Å². The third-order valence-electron chi connectivity index (χ3n) is 2.46. The van der Waals surface area contributed by atoms with Crippen molar-refractivity contribution in [3.63, 3.8) is 0 Å². The molecule has 1 aliphatic rings. The first kappa shape index (κ1) is 16.6. The maximum atomic E-state index is 11.5. The zero-order valence-electron chi connectivity index (χ0n) is 9.79. The fraction of sp³-hybridized carbons (Fsp3) is 0.333. The molecule has 1 aromatic rings. The van der Waals surface area contributed by atoms with Crippen molar-refractivity contribution in [1.29, 1.82) is 0 Å². The Labute approximate surface area is 145 Å². The van der Waals surface area contributed by atoms with Crippen molar-refractivity contribution in [2.45, 2.75) is 12.8 Å². The van der Waals surface area contributed by atoms with E-state index in [1.165, 1.54) is 5.56 Å². The molecule has 1 heterocycles. The fourth-order valence-corrected chi connectivity index (χ4v) is 1.94. The standard InChI is InChI=1S/C11H11ClNO.CH3.K/c12-8-11(14)13-7-3-5-9-4-1-2-6-10(9)13;;/h2,4,6H,3,5,7-8H2;1H3;/q2*-1;+1. The monoisotopic (exact) mass is 262 g/mol. The van der Waals surface area contributed by atoms with E-state index in [2.05, 4.69) is 6.07 Å². The number of halogens is 1. The van der Waals surface area contributed by atoms with Crippen molar-refractivity contribution in [1.82, 2.24) is 0 Å². The predicted octanol–water partition coefficient (Wildman–Crippen LogP) is -0.541. The van der Waals surface area contributed by atoms with Crippen LogP contribution in [0.5, 0.6) is 0 Å². The summed E-state index contributed by atoms with van der Waals surface area (Å²) in [5, 5.41) is 0. The van der Waals surface area contributed by atoms with Crippen LogP contribution >= 0.6 is 11.6 Å². The van der Waals surface area contributed by atoms with Crippen LogP contribution in [0.2, 0.25) is 0 Å². The summed E-state index contributed by atoms with van der Waals surface area (Å²) in [5.41, 5.74) is 2.19. The van der Waals surface area contributed by atoms with Gasteiger partial charge in [-0.1, -0.05) is 12.1 Å². The normalized spacial score (nSPS) is 13.2. The molecule has 82 valence electrons. The molecule has 0 unspecified atom stereocenters. The minimum absolute atomic E-state index is 0. The van der Waals surface area contributed by atoms with Crippen LogP contribution < -0.4 is 56.3 Å². The van der Waals surface area contributed by atoms with Crippen LogP contribution in [-0.2, 0) is 11.2 Å². The van der Waals surface area contributed by atoms with Gasteiger partial charge in [0, 0.05) is 6.54 Å². The zero-order valence-corrected chi connectivity index (χ0v) is 13.7. The van der Waals surface area contributed by atoms with Gasteiger partial charge in [0.2, 0.25) is 5.91 Å². The number of alkyl halides is 1. The number of anilines is 1. The van der Waals surface area contributed by atoms with Crippen LogP contribution in [0.15, 0.2) is 18.2 Å². The molecule has 0 spiro atoms. The number of carbonyl (C=O) groups is 1. The number of carbonyl (C=O) groups excluding carboxylic acids is 1. The van der Waals surface area contributed by atoms with E-state index in [4.69, 9.17) is 11.6 Å². The third-order valence-corrected chi connectivity index (χ3v) is 2.69. The number of nitrogens with zero attached hydrogens (tertiary/aromatic N) is 1. The van der Waals surface area contributed by atoms with Gasteiger partial charge in [-0.3, -0.25) is 4.79 Å². The summed E-state index contributed by atoms with van der Waals surface area (Å²) in [4.78, 5) is 13.3. The van der Waals surface area contributed by atoms with E-state index in [-0.39, 0.29) is 70.6 Å². The Balaban J connectivity index is 0.00000112. The Morgan fingerprint density at radius 1 is 1.56 bits per heavy atom. The van der Waals surface area contributed by atoms with Gasteiger partial charge in [0.05, 0.1) is 0 Å². The summed E-state index contributed by atoms with van der Waals surface area (Å²) in [6.45, 7) is 0.780. The van der Waals surface area contributed by atoms with Crippen molar-refractivity contribution in [3.8, 4) is 0 Å². The predicted molar refractivity (Wildman–Crippen MR) is 63.1 cm³/mol. The Kier molecular flexibility index (Phi) is 8.15. The minimum atomic E-state index is -0.0150. The molecule has 16 heavy (non-hydrogen) atoms. The summed E-state index contributed by atoms with van der Waals surface area (Å²) in [6.07, 6.45) is 2.03. The molecule has 0 aromatic heterocycles. The molecule has 0 radical (unpaired) electrons. The van der Waals surface area contributed by atoms with Crippen LogP contribution in [0.4, 0.5) is 5.69 Å². The molecule has 1 aromatic carbocycles. The number of hydrogen-bond donors (Lipinski definition) is 0. The summed E-state index contributed by atoms with van der Waals surface area (Å²) < 4.78 is 0.